The summed E-state index contributed by atoms with van der Waals surface area (Å²) >= 11 is 0. The van der Waals surface area contributed by atoms with Gasteiger partial charge in [-0.1, -0.05) is 19.4 Å². The van der Waals surface area contributed by atoms with Gasteiger partial charge in [-0.2, -0.15) is 0 Å². The quantitative estimate of drug-likeness (QED) is 0.897. The average Bonchev–Trinajstić information content (AvgIpc) is 2.49. The number of carbonyl (C=O) groups is 2. The second kappa shape index (κ2) is 6.61. The Morgan fingerprint density at radius 1 is 1.33 bits per heavy atom. The highest BCUT2D eigenvalue weighted by Gasteiger charge is 2.22. The van der Waals surface area contributed by atoms with Gasteiger partial charge in [0.15, 0.2) is 0 Å². The van der Waals surface area contributed by atoms with Crippen LogP contribution in [0.3, 0.4) is 0 Å². The van der Waals surface area contributed by atoms with Gasteiger partial charge in [0.1, 0.15) is 0 Å². The SMILES string of the molecule is CCC1CCN(C(=O)Nc2cc(C(=O)O)ccc2C)CC1. The summed E-state index contributed by atoms with van der Waals surface area (Å²) in [6, 6.07) is 4.62. The van der Waals surface area contributed by atoms with E-state index in [4.69, 9.17) is 5.11 Å². The van der Waals surface area contributed by atoms with Crippen LogP contribution >= 0.6 is 0 Å². The number of likely N-dealkylation sites (tertiary alicyclic amines) is 1. The fourth-order valence-electron chi connectivity index (χ4n) is 2.63. The fraction of sp³-hybridized carbons (Fsp3) is 0.500. The number of nitrogens with one attached hydrogen (secondary N) is 1. The van der Waals surface area contributed by atoms with Crippen LogP contribution in [-0.4, -0.2) is 35.1 Å². The molecule has 1 heterocycles. The van der Waals surface area contributed by atoms with Crippen LogP contribution in [0.2, 0.25) is 0 Å². The van der Waals surface area contributed by atoms with Gasteiger partial charge in [-0.3, -0.25) is 0 Å². The van der Waals surface area contributed by atoms with Crippen molar-refractivity contribution in [3.8, 4) is 0 Å². The molecule has 1 fully saturated rings. The third kappa shape index (κ3) is 3.74. The molecule has 0 atom stereocenters. The van der Waals surface area contributed by atoms with Crippen molar-refractivity contribution in [1.29, 1.82) is 0 Å². The van der Waals surface area contributed by atoms with E-state index in [0.717, 1.165) is 37.9 Å². The summed E-state index contributed by atoms with van der Waals surface area (Å²) in [5, 5.41) is 11.8. The summed E-state index contributed by atoms with van der Waals surface area (Å²) in [6.45, 7) is 5.57. The number of urea groups is 1. The second-order valence-electron chi connectivity index (χ2n) is 5.60. The van der Waals surface area contributed by atoms with Crippen molar-refractivity contribution in [2.45, 2.75) is 33.1 Å². The number of carbonyl (C=O) groups excluding carboxylic acids is 1. The molecule has 0 unspecified atom stereocenters. The molecular weight excluding hydrogens is 268 g/mol. The molecule has 1 aliphatic heterocycles. The molecule has 1 saturated heterocycles. The zero-order chi connectivity index (χ0) is 15.4. The Balaban J connectivity index is 2.03. The third-order valence-corrected chi connectivity index (χ3v) is 4.21. The smallest absolute Gasteiger partial charge is 0.335 e. The Labute approximate surface area is 125 Å². The first kappa shape index (κ1) is 15.4. The van der Waals surface area contributed by atoms with E-state index in [1.807, 2.05) is 6.92 Å². The normalized spacial score (nSPS) is 15.8. The van der Waals surface area contributed by atoms with Crippen molar-refractivity contribution >= 4 is 17.7 Å². The van der Waals surface area contributed by atoms with E-state index in [9.17, 15) is 9.59 Å². The molecule has 5 nitrogen and oxygen atoms in total. The Morgan fingerprint density at radius 2 is 2.00 bits per heavy atom. The summed E-state index contributed by atoms with van der Waals surface area (Å²) in [4.78, 5) is 25.1. The molecule has 2 rings (SSSR count). The molecule has 2 N–H and O–H groups in total. The second-order valence-corrected chi connectivity index (χ2v) is 5.60. The number of aromatic carboxylic acids is 1. The molecule has 114 valence electrons. The van der Waals surface area contributed by atoms with Gasteiger partial charge in [0, 0.05) is 18.8 Å². The van der Waals surface area contributed by atoms with Crippen molar-refractivity contribution in [2.75, 3.05) is 18.4 Å². The van der Waals surface area contributed by atoms with E-state index in [1.165, 1.54) is 6.07 Å². The number of hydrogen-bond donors (Lipinski definition) is 2. The number of anilines is 1. The van der Waals surface area contributed by atoms with Crippen LogP contribution in [0, 0.1) is 12.8 Å². The van der Waals surface area contributed by atoms with E-state index < -0.39 is 5.97 Å². The van der Waals surface area contributed by atoms with Crippen molar-refractivity contribution < 1.29 is 14.7 Å². The summed E-state index contributed by atoms with van der Waals surface area (Å²) in [5.74, 6) is -0.277. The Bertz CT molecular complexity index is 534. The van der Waals surface area contributed by atoms with Crippen LogP contribution in [0.5, 0.6) is 0 Å². The Kier molecular flexibility index (Phi) is 4.83. The number of aryl methyl sites for hydroxylation is 1. The molecule has 1 aromatic rings. The maximum atomic E-state index is 12.3. The molecule has 0 radical (unpaired) electrons. The number of hydrogen-bond acceptors (Lipinski definition) is 2. The standard InChI is InChI=1S/C16H22N2O3/c1-3-12-6-8-18(9-7-12)16(21)17-14-10-13(15(19)20)5-4-11(14)2/h4-5,10,12H,3,6-9H2,1-2H3,(H,17,21)(H,19,20). The first-order valence-corrected chi connectivity index (χ1v) is 7.41. The van der Waals surface area contributed by atoms with Crippen molar-refractivity contribution in [2.24, 2.45) is 5.92 Å². The predicted molar refractivity (Wildman–Crippen MR) is 81.7 cm³/mol. The van der Waals surface area contributed by atoms with Crippen LogP contribution in [0.1, 0.15) is 42.1 Å². The first-order chi connectivity index (χ1) is 10.0. The molecule has 0 saturated carbocycles. The van der Waals surface area contributed by atoms with Crippen molar-refractivity contribution in [1.82, 2.24) is 4.90 Å². The Hall–Kier alpha value is -2.04. The number of nitrogens with zero attached hydrogens (tertiary/aromatic N) is 1. The van der Waals surface area contributed by atoms with Crippen LogP contribution in [0.4, 0.5) is 10.5 Å². The van der Waals surface area contributed by atoms with E-state index in [-0.39, 0.29) is 11.6 Å². The van der Waals surface area contributed by atoms with Gasteiger partial charge in [-0.25, -0.2) is 9.59 Å². The summed E-state index contributed by atoms with van der Waals surface area (Å²) in [6.07, 6.45) is 3.24. The van der Waals surface area contributed by atoms with Gasteiger partial charge in [-0.05, 0) is 43.4 Å². The molecular formula is C16H22N2O3. The zero-order valence-electron chi connectivity index (χ0n) is 12.6. The number of carboxylic acids is 1. The monoisotopic (exact) mass is 290 g/mol. The first-order valence-electron chi connectivity index (χ1n) is 7.41. The van der Waals surface area contributed by atoms with Crippen LogP contribution in [0.25, 0.3) is 0 Å². The molecule has 2 amide bonds. The summed E-state index contributed by atoms with van der Waals surface area (Å²) in [5.41, 5.74) is 1.61. The molecule has 0 spiro atoms. The molecule has 21 heavy (non-hydrogen) atoms. The topological polar surface area (TPSA) is 69.6 Å². The lowest BCUT2D eigenvalue weighted by atomic mass is 9.95. The maximum Gasteiger partial charge on any atom is 0.335 e. The lowest BCUT2D eigenvalue weighted by Gasteiger charge is -2.31. The highest BCUT2D eigenvalue weighted by atomic mass is 16.4. The number of piperidine rings is 1. The number of carboxylic acid groups (broad SMARTS) is 1. The zero-order valence-corrected chi connectivity index (χ0v) is 12.6. The molecule has 1 aromatic carbocycles. The highest BCUT2D eigenvalue weighted by molar-refractivity contribution is 5.94. The average molecular weight is 290 g/mol. The minimum atomic E-state index is -0.991. The third-order valence-electron chi connectivity index (χ3n) is 4.21. The van der Waals surface area contributed by atoms with Crippen molar-refractivity contribution in [3.63, 3.8) is 0 Å². The van der Waals surface area contributed by atoms with Gasteiger partial charge >= 0.3 is 12.0 Å². The number of amides is 2. The Morgan fingerprint density at radius 3 is 2.57 bits per heavy atom. The van der Waals surface area contributed by atoms with Crippen LogP contribution < -0.4 is 5.32 Å². The molecule has 0 aromatic heterocycles. The summed E-state index contributed by atoms with van der Waals surface area (Å²) < 4.78 is 0. The maximum absolute atomic E-state index is 12.3. The van der Waals surface area contributed by atoms with Crippen LogP contribution in [-0.2, 0) is 0 Å². The number of benzene rings is 1. The van der Waals surface area contributed by atoms with Crippen molar-refractivity contribution in [3.05, 3.63) is 29.3 Å². The fourth-order valence-corrected chi connectivity index (χ4v) is 2.63. The molecule has 5 heteroatoms. The predicted octanol–water partition coefficient (Wildman–Crippen LogP) is 3.35. The highest BCUT2D eigenvalue weighted by Crippen LogP contribution is 2.22. The van der Waals surface area contributed by atoms with E-state index in [2.05, 4.69) is 12.2 Å². The minimum absolute atomic E-state index is 0.143. The molecule has 0 bridgehead atoms. The number of rotatable bonds is 3. The molecule has 0 aliphatic carbocycles. The van der Waals surface area contributed by atoms with E-state index in [1.54, 1.807) is 17.0 Å². The van der Waals surface area contributed by atoms with Gasteiger partial charge in [0.25, 0.3) is 0 Å². The lowest BCUT2D eigenvalue weighted by molar-refractivity contribution is 0.0697. The minimum Gasteiger partial charge on any atom is -0.478 e. The van der Waals surface area contributed by atoms with E-state index in [0.29, 0.717) is 11.6 Å². The largest absolute Gasteiger partial charge is 0.478 e. The van der Waals surface area contributed by atoms with Gasteiger partial charge in [0.2, 0.25) is 0 Å². The lowest BCUT2D eigenvalue weighted by Crippen LogP contribution is -2.41. The summed E-state index contributed by atoms with van der Waals surface area (Å²) in [7, 11) is 0. The van der Waals surface area contributed by atoms with E-state index >= 15 is 0 Å². The van der Waals surface area contributed by atoms with Gasteiger partial charge in [-0.15, -0.1) is 0 Å². The van der Waals surface area contributed by atoms with Gasteiger partial charge < -0.3 is 15.3 Å². The molecule has 1 aliphatic rings. The van der Waals surface area contributed by atoms with Crippen LogP contribution in [0.15, 0.2) is 18.2 Å². The van der Waals surface area contributed by atoms with Gasteiger partial charge in [0.05, 0.1) is 5.56 Å².